The Bertz CT molecular complexity index is 993. The van der Waals surface area contributed by atoms with Gasteiger partial charge in [0, 0.05) is 23.2 Å². The highest BCUT2D eigenvalue weighted by Crippen LogP contribution is 2.19. The van der Waals surface area contributed by atoms with E-state index in [1.165, 1.54) is 4.88 Å². The van der Waals surface area contributed by atoms with Gasteiger partial charge in [-0.1, -0.05) is 18.2 Å². The molecule has 4 rings (SSSR count). The molecule has 0 aliphatic rings. The molecule has 0 aliphatic carbocycles. The number of hydrogen-bond acceptors (Lipinski definition) is 7. The molecule has 0 aliphatic heterocycles. The number of anilines is 2. The lowest BCUT2D eigenvalue weighted by molar-refractivity contribution is 0.121. The number of aryl methyl sites for hydroxylation is 1. The molecule has 0 fully saturated rings. The molecule has 28 heavy (non-hydrogen) atoms. The second kappa shape index (κ2) is 8.37. The normalized spacial score (nSPS) is 11.2. The number of nitrogens with zero attached hydrogens (tertiary/aromatic N) is 4. The topological polar surface area (TPSA) is 93.0 Å². The van der Waals surface area contributed by atoms with Gasteiger partial charge in [-0.3, -0.25) is 0 Å². The van der Waals surface area contributed by atoms with Crippen molar-refractivity contribution in [2.45, 2.75) is 20.1 Å². The maximum Gasteiger partial charge on any atom is 0.222 e. The van der Waals surface area contributed by atoms with E-state index in [4.69, 9.17) is 10.5 Å². The summed E-state index contributed by atoms with van der Waals surface area (Å²) < 4.78 is 5.87. The lowest BCUT2D eigenvalue weighted by Crippen LogP contribution is -2.28. The average molecular weight is 395 g/mol. The molecule has 8 heteroatoms. The predicted molar refractivity (Wildman–Crippen MR) is 112 cm³/mol. The number of nitrogen functional groups attached to an aromatic ring is 1. The van der Waals surface area contributed by atoms with Crippen LogP contribution in [-0.2, 0) is 17.9 Å². The smallest absolute Gasteiger partial charge is 0.222 e. The Labute approximate surface area is 167 Å². The third-order valence-electron chi connectivity index (χ3n) is 4.29. The summed E-state index contributed by atoms with van der Waals surface area (Å²) in [5, 5.41) is 2.07. The third kappa shape index (κ3) is 4.47. The molecule has 0 atom stereocenters. The van der Waals surface area contributed by atoms with E-state index < -0.39 is 0 Å². The molecule has 0 amide bonds. The summed E-state index contributed by atoms with van der Waals surface area (Å²) in [6, 6.07) is 14.1. The van der Waals surface area contributed by atoms with Crippen molar-refractivity contribution in [1.29, 1.82) is 0 Å². The van der Waals surface area contributed by atoms with Crippen molar-refractivity contribution < 1.29 is 4.74 Å². The Kier molecular flexibility index (Phi) is 5.50. The van der Waals surface area contributed by atoms with Crippen LogP contribution in [0, 0.1) is 6.92 Å². The van der Waals surface area contributed by atoms with Gasteiger partial charge >= 0.3 is 0 Å². The standard InChI is InChI=1S/C20H22N6OS/c1-14-11-19(25-20(21)22-14)26(12-15-5-4-10-28-15)8-9-27-13-18-23-16-6-2-3-7-17(16)24-18/h2-7,10-11H,8-9,12-13H2,1H3,(H,23,24)(H2,21,22,25). The highest BCUT2D eigenvalue weighted by Gasteiger charge is 2.12. The van der Waals surface area contributed by atoms with E-state index in [0.717, 1.165) is 34.9 Å². The van der Waals surface area contributed by atoms with Gasteiger partial charge in [-0.2, -0.15) is 4.98 Å². The van der Waals surface area contributed by atoms with Crippen LogP contribution in [-0.4, -0.2) is 33.1 Å². The van der Waals surface area contributed by atoms with Crippen molar-refractivity contribution in [3.8, 4) is 0 Å². The molecule has 0 spiro atoms. The van der Waals surface area contributed by atoms with E-state index >= 15 is 0 Å². The quantitative estimate of drug-likeness (QED) is 0.444. The van der Waals surface area contributed by atoms with Crippen molar-refractivity contribution in [3.05, 3.63) is 64.2 Å². The summed E-state index contributed by atoms with van der Waals surface area (Å²) in [5.41, 5.74) is 8.67. The Morgan fingerprint density at radius 1 is 1.14 bits per heavy atom. The molecular formula is C20H22N6OS. The molecule has 1 aromatic carbocycles. The van der Waals surface area contributed by atoms with Gasteiger partial charge < -0.3 is 20.4 Å². The maximum atomic E-state index is 5.87. The SMILES string of the molecule is Cc1cc(N(CCOCc2nc3ccccc3[nH]2)Cc2cccs2)nc(N)n1. The average Bonchev–Trinajstić information content (AvgIpc) is 3.32. The molecule has 0 radical (unpaired) electrons. The van der Waals surface area contributed by atoms with Gasteiger partial charge in [0.2, 0.25) is 5.95 Å². The fraction of sp³-hybridized carbons (Fsp3) is 0.250. The van der Waals surface area contributed by atoms with E-state index in [2.05, 4.69) is 42.3 Å². The van der Waals surface area contributed by atoms with Crippen LogP contribution in [0.2, 0.25) is 0 Å². The number of aromatic amines is 1. The maximum absolute atomic E-state index is 5.87. The van der Waals surface area contributed by atoms with Crippen molar-refractivity contribution in [1.82, 2.24) is 19.9 Å². The molecule has 3 N–H and O–H groups in total. The van der Waals surface area contributed by atoms with Gasteiger partial charge in [0.1, 0.15) is 18.2 Å². The van der Waals surface area contributed by atoms with Crippen LogP contribution >= 0.6 is 11.3 Å². The number of rotatable bonds is 8. The Balaban J connectivity index is 1.40. The molecule has 7 nitrogen and oxygen atoms in total. The van der Waals surface area contributed by atoms with Crippen LogP contribution in [0.1, 0.15) is 16.4 Å². The lowest BCUT2D eigenvalue weighted by Gasteiger charge is -2.23. The second-order valence-electron chi connectivity index (χ2n) is 6.48. The number of thiophene rings is 1. The fourth-order valence-electron chi connectivity index (χ4n) is 3.02. The Hall–Kier alpha value is -2.97. The van der Waals surface area contributed by atoms with Crippen LogP contribution in [0.3, 0.4) is 0 Å². The minimum Gasteiger partial charge on any atom is -0.372 e. The van der Waals surface area contributed by atoms with Gasteiger partial charge in [-0.05, 0) is 30.5 Å². The van der Waals surface area contributed by atoms with Crippen molar-refractivity contribution in [2.24, 2.45) is 0 Å². The number of imidazole rings is 1. The zero-order chi connectivity index (χ0) is 19.3. The number of nitrogens with two attached hydrogens (primary N) is 1. The minimum atomic E-state index is 0.286. The first-order valence-corrected chi connectivity index (χ1v) is 9.95. The number of benzene rings is 1. The van der Waals surface area contributed by atoms with Gasteiger partial charge in [-0.15, -0.1) is 11.3 Å². The predicted octanol–water partition coefficient (Wildman–Crippen LogP) is 3.53. The first kappa shape index (κ1) is 18.4. The monoisotopic (exact) mass is 394 g/mol. The first-order chi connectivity index (χ1) is 13.7. The van der Waals surface area contributed by atoms with Crippen LogP contribution in [0.15, 0.2) is 47.8 Å². The molecule has 3 aromatic heterocycles. The molecule has 0 saturated heterocycles. The Morgan fingerprint density at radius 3 is 2.82 bits per heavy atom. The van der Waals surface area contributed by atoms with Crippen molar-refractivity contribution >= 4 is 34.1 Å². The molecule has 144 valence electrons. The van der Waals surface area contributed by atoms with Crippen LogP contribution in [0.25, 0.3) is 11.0 Å². The number of ether oxygens (including phenoxy) is 1. The van der Waals surface area contributed by atoms with E-state index in [0.29, 0.717) is 19.8 Å². The molecule has 0 unspecified atom stereocenters. The third-order valence-corrected chi connectivity index (χ3v) is 5.15. The molecular weight excluding hydrogens is 372 g/mol. The summed E-state index contributed by atoms with van der Waals surface area (Å²) in [6.07, 6.45) is 0. The second-order valence-corrected chi connectivity index (χ2v) is 7.51. The van der Waals surface area contributed by atoms with Gasteiger partial charge in [0.05, 0.1) is 24.2 Å². The number of hydrogen-bond donors (Lipinski definition) is 2. The highest BCUT2D eigenvalue weighted by atomic mass is 32.1. The Morgan fingerprint density at radius 2 is 2.04 bits per heavy atom. The largest absolute Gasteiger partial charge is 0.372 e. The lowest BCUT2D eigenvalue weighted by atomic mass is 10.3. The van der Waals surface area contributed by atoms with Gasteiger partial charge in [0.15, 0.2) is 0 Å². The molecule has 4 aromatic rings. The summed E-state index contributed by atoms with van der Waals surface area (Å²) in [4.78, 5) is 19.8. The number of nitrogens with one attached hydrogen (secondary N) is 1. The summed E-state index contributed by atoms with van der Waals surface area (Å²) in [7, 11) is 0. The fourth-order valence-corrected chi connectivity index (χ4v) is 3.74. The summed E-state index contributed by atoms with van der Waals surface area (Å²) >= 11 is 1.72. The number of H-pyrrole nitrogens is 1. The van der Waals surface area contributed by atoms with Gasteiger partial charge in [0.25, 0.3) is 0 Å². The zero-order valence-corrected chi connectivity index (χ0v) is 16.4. The number of para-hydroxylation sites is 2. The van der Waals surface area contributed by atoms with Crippen LogP contribution in [0.4, 0.5) is 11.8 Å². The minimum absolute atomic E-state index is 0.286. The van der Waals surface area contributed by atoms with E-state index in [1.807, 2.05) is 37.3 Å². The highest BCUT2D eigenvalue weighted by molar-refractivity contribution is 7.09. The number of aromatic nitrogens is 4. The molecule has 0 bridgehead atoms. The molecule has 0 saturated carbocycles. The van der Waals surface area contributed by atoms with Gasteiger partial charge in [-0.25, -0.2) is 9.97 Å². The van der Waals surface area contributed by atoms with Crippen LogP contribution < -0.4 is 10.6 Å². The first-order valence-electron chi connectivity index (χ1n) is 9.07. The van der Waals surface area contributed by atoms with Crippen LogP contribution in [0.5, 0.6) is 0 Å². The van der Waals surface area contributed by atoms with E-state index in [-0.39, 0.29) is 5.95 Å². The number of fused-ring (bicyclic) bond motifs is 1. The zero-order valence-electron chi connectivity index (χ0n) is 15.6. The van der Waals surface area contributed by atoms with E-state index in [9.17, 15) is 0 Å². The summed E-state index contributed by atoms with van der Waals surface area (Å²) in [5.74, 6) is 1.92. The molecule has 3 heterocycles. The van der Waals surface area contributed by atoms with Crippen molar-refractivity contribution in [2.75, 3.05) is 23.8 Å². The van der Waals surface area contributed by atoms with E-state index in [1.54, 1.807) is 11.3 Å². The summed E-state index contributed by atoms with van der Waals surface area (Å²) in [6.45, 7) is 4.34. The van der Waals surface area contributed by atoms with Crippen molar-refractivity contribution in [3.63, 3.8) is 0 Å².